The van der Waals surface area contributed by atoms with Crippen LogP contribution >= 0.6 is 7.75 Å². The standard InChI is InChI=1S/C19H21N2O8P/c1-14(19(22)27-18-11-12-26-13-18)20-30(25,28-16-5-3-2-4-6-16)29-17-9-7-15(8-10-17)21(23)24/h2-10,14,18H,11-13H2,1H3,(H,20,25)/t14-,18?,30?/m0/s1. The summed E-state index contributed by atoms with van der Waals surface area (Å²) < 4.78 is 34.9. The van der Waals surface area contributed by atoms with E-state index >= 15 is 0 Å². The van der Waals surface area contributed by atoms with E-state index in [0.717, 1.165) is 0 Å². The minimum Gasteiger partial charge on any atom is -0.459 e. The van der Waals surface area contributed by atoms with Crippen LogP contribution in [0.1, 0.15) is 13.3 Å². The SMILES string of the molecule is C[C@H](NP(=O)(Oc1ccccc1)Oc1ccc([N+](=O)[O-])cc1)C(=O)OC1CCOC1. The monoisotopic (exact) mass is 436 g/mol. The summed E-state index contributed by atoms with van der Waals surface area (Å²) in [6.07, 6.45) is 0.238. The van der Waals surface area contributed by atoms with E-state index in [2.05, 4.69) is 5.09 Å². The molecule has 0 amide bonds. The van der Waals surface area contributed by atoms with Crippen molar-refractivity contribution in [1.29, 1.82) is 0 Å². The molecule has 2 aromatic carbocycles. The molecule has 2 unspecified atom stereocenters. The smallest absolute Gasteiger partial charge is 0.459 e. The van der Waals surface area contributed by atoms with Crippen molar-refractivity contribution in [3.8, 4) is 11.5 Å². The lowest BCUT2D eigenvalue weighted by molar-refractivity contribution is -0.384. The van der Waals surface area contributed by atoms with E-state index in [-0.39, 0.29) is 23.3 Å². The highest BCUT2D eigenvalue weighted by atomic mass is 31.2. The van der Waals surface area contributed by atoms with Gasteiger partial charge in [0.1, 0.15) is 23.6 Å². The largest absolute Gasteiger partial charge is 0.513 e. The van der Waals surface area contributed by atoms with Gasteiger partial charge in [0.2, 0.25) is 0 Å². The molecule has 2 aromatic rings. The van der Waals surface area contributed by atoms with Crippen LogP contribution in [0.2, 0.25) is 0 Å². The molecule has 3 rings (SSSR count). The molecule has 10 nitrogen and oxygen atoms in total. The number of esters is 1. The lowest BCUT2D eigenvalue weighted by atomic mass is 10.3. The molecule has 1 N–H and O–H groups in total. The molecule has 0 saturated carbocycles. The number of hydrogen-bond acceptors (Lipinski definition) is 8. The number of hydrogen-bond donors (Lipinski definition) is 1. The molecule has 3 atom stereocenters. The van der Waals surface area contributed by atoms with E-state index in [0.29, 0.717) is 19.6 Å². The maximum atomic E-state index is 13.4. The van der Waals surface area contributed by atoms with E-state index < -0.39 is 24.7 Å². The fourth-order valence-electron chi connectivity index (χ4n) is 2.62. The Balaban J connectivity index is 1.75. The molecule has 1 aliphatic heterocycles. The number of carbonyl (C=O) groups is 1. The Bertz CT molecular complexity index is 916. The maximum absolute atomic E-state index is 13.4. The van der Waals surface area contributed by atoms with E-state index in [9.17, 15) is 19.5 Å². The fraction of sp³-hybridized carbons (Fsp3) is 0.316. The van der Waals surface area contributed by atoms with Gasteiger partial charge in [0.15, 0.2) is 0 Å². The topological polar surface area (TPSA) is 126 Å². The Kier molecular flexibility index (Phi) is 7.04. The third-order valence-corrected chi connectivity index (χ3v) is 5.72. The van der Waals surface area contributed by atoms with Gasteiger partial charge in [-0.1, -0.05) is 18.2 Å². The summed E-state index contributed by atoms with van der Waals surface area (Å²) in [6.45, 7) is 2.30. The summed E-state index contributed by atoms with van der Waals surface area (Å²) in [6, 6.07) is 12.3. The number of nitrogens with zero attached hydrogens (tertiary/aromatic N) is 1. The third-order valence-electron chi connectivity index (χ3n) is 4.12. The predicted molar refractivity (Wildman–Crippen MR) is 106 cm³/mol. The van der Waals surface area contributed by atoms with Crippen molar-refractivity contribution in [2.75, 3.05) is 13.2 Å². The van der Waals surface area contributed by atoms with Crippen LogP contribution in [0.4, 0.5) is 5.69 Å². The summed E-state index contributed by atoms with van der Waals surface area (Å²) >= 11 is 0. The van der Waals surface area contributed by atoms with Gasteiger partial charge in [0.25, 0.3) is 5.69 Å². The van der Waals surface area contributed by atoms with Crippen molar-refractivity contribution >= 4 is 19.4 Å². The van der Waals surface area contributed by atoms with Gasteiger partial charge in [-0.25, -0.2) is 4.57 Å². The molecular weight excluding hydrogens is 415 g/mol. The Morgan fingerprint density at radius 3 is 2.37 bits per heavy atom. The summed E-state index contributed by atoms with van der Waals surface area (Å²) in [7, 11) is -4.11. The van der Waals surface area contributed by atoms with Crippen LogP contribution < -0.4 is 14.1 Å². The van der Waals surface area contributed by atoms with Gasteiger partial charge in [0, 0.05) is 18.6 Å². The molecule has 0 aliphatic carbocycles. The quantitative estimate of drug-likeness (QED) is 0.272. The summed E-state index contributed by atoms with van der Waals surface area (Å²) in [4.78, 5) is 22.6. The normalized spacial score (nSPS) is 18.8. The first-order valence-corrected chi connectivity index (χ1v) is 10.7. The van der Waals surface area contributed by atoms with E-state index in [1.165, 1.54) is 31.2 Å². The predicted octanol–water partition coefficient (Wildman–Crippen LogP) is 3.47. The highest BCUT2D eigenvalue weighted by molar-refractivity contribution is 7.52. The van der Waals surface area contributed by atoms with Crippen LogP contribution in [0.5, 0.6) is 11.5 Å². The number of para-hydroxylation sites is 1. The average Bonchev–Trinajstić information content (AvgIpc) is 3.22. The minimum atomic E-state index is -4.11. The molecule has 30 heavy (non-hydrogen) atoms. The number of rotatable bonds is 9. The molecule has 0 aromatic heterocycles. The zero-order valence-electron chi connectivity index (χ0n) is 16.1. The lowest BCUT2D eigenvalue weighted by Crippen LogP contribution is -2.37. The first-order chi connectivity index (χ1) is 14.3. The van der Waals surface area contributed by atoms with Crippen molar-refractivity contribution in [3.05, 3.63) is 64.7 Å². The molecule has 0 bridgehead atoms. The molecule has 0 spiro atoms. The Morgan fingerprint density at radius 1 is 1.17 bits per heavy atom. The van der Waals surface area contributed by atoms with Crippen molar-refractivity contribution < 1.29 is 32.8 Å². The number of nitro groups is 1. The second-order valence-electron chi connectivity index (χ2n) is 6.52. The number of benzene rings is 2. The molecule has 160 valence electrons. The molecule has 1 aliphatic rings. The van der Waals surface area contributed by atoms with Crippen molar-refractivity contribution in [1.82, 2.24) is 5.09 Å². The van der Waals surface area contributed by atoms with E-state index in [4.69, 9.17) is 18.5 Å². The molecular formula is C19H21N2O8P. The highest BCUT2D eigenvalue weighted by Crippen LogP contribution is 2.45. The Hall–Kier alpha value is -2.94. The molecule has 11 heteroatoms. The molecule has 0 radical (unpaired) electrons. The number of nitro benzene ring substituents is 1. The second kappa shape index (κ2) is 9.71. The summed E-state index contributed by atoms with van der Waals surface area (Å²) in [5.74, 6) is -0.313. The Labute approximate surface area is 172 Å². The molecule has 1 saturated heterocycles. The first kappa shape index (κ1) is 21.8. The molecule has 1 fully saturated rings. The minimum absolute atomic E-state index is 0.0668. The summed E-state index contributed by atoms with van der Waals surface area (Å²) in [5, 5.41) is 13.4. The van der Waals surface area contributed by atoms with Crippen LogP contribution in [0.3, 0.4) is 0 Å². The van der Waals surface area contributed by atoms with E-state index in [1.807, 2.05) is 0 Å². The van der Waals surface area contributed by atoms with Crippen LogP contribution in [-0.4, -0.2) is 36.3 Å². The van der Waals surface area contributed by atoms with Crippen LogP contribution in [0, 0.1) is 10.1 Å². The van der Waals surface area contributed by atoms with Crippen LogP contribution in [0.25, 0.3) is 0 Å². The van der Waals surface area contributed by atoms with Gasteiger partial charge >= 0.3 is 13.7 Å². The zero-order valence-corrected chi connectivity index (χ0v) is 17.0. The first-order valence-electron chi connectivity index (χ1n) is 9.19. The summed E-state index contributed by atoms with van der Waals surface area (Å²) in [5.41, 5.74) is -0.148. The van der Waals surface area contributed by atoms with Crippen molar-refractivity contribution in [2.45, 2.75) is 25.5 Å². The van der Waals surface area contributed by atoms with Gasteiger partial charge in [-0.15, -0.1) is 0 Å². The van der Waals surface area contributed by atoms with Crippen molar-refractivity contribution in [2.24, 2.45) is 0 Å². The average molecular weight is 436 g/mol. The lowest BCUT2D eigenvalue weighted by Gasteiger charge is -2.23. The van der Waals surface area contributed by atoms with Gasteiger partial charge < -0.3 is 18.5 Å². The van der Waals surface area contributed by atoms with Gasteiger partial charge in [0.05, 0.1) is 18.1 Å². The van der Waals surface area contributed by atoms with Crippen LogP contribution in [0.15, 0.2) is 54.6 Å². The zero-order chi connectivity index (χ0) is 21.6. The number of non-ortho nitro benzene ring substituents is 1. The van der Waals surface area contributed by atoms with E-state index in [1.54, 1.807) is 30.3 Å². The Morgan fingerprint density at radius 2 is 1.80 bits per heavy atom. The van der Waals surface area contributed by atoms with Gasteiger partial charge in [-0.05, 0) is 31.2 Å². The second-order valence-corrected chi connectivity index (χ2v) is 8.14. The number of ether oxygens (including phenoxy) is 2. The maximum Gasteiger partial charge on any atom is 0.513 e. The van der Waals surface area contributed by atoms with Crippen LogP contribution in [-0.2, 0) is 18.8 Å². The van der Waals surface area contributed by atoms with Gasteiger partial charge in [-0.3, -0.25) is 14.9 Å². The fourth-order valence-corrected chi connectivity index (χ4v) is 4.14. The number of nitrogens with one attached hydrogen (secondary N) is 1. The third kappa shape index (κ3) is 6.03. The molecule has 1 heterocycles. The highest BCUT2D eigenvalue weighted by Gasteiger charge is 2.35. The van der Waals surface area contributed by atoms with Gasteiger partial charge in [-0.2, -0.15) is 5.09 Å². The number of carbonyl (C=O) groups excluding carboxylic acids is 1. The van der Waals surface area contributed by atoms with Crippen molar-refractivity contribution in [3.63, 3.8) is 0 Å².